The molecule has 1 N–H and O–H groups in total. The van der Waals surface area contributed by atoms with Crippen molar-refractivity contribution >= 4 is 28.9 Å². The van der Waals surface area contributed by atoms with Gasteiger partial charge in [0, 0.05) is 11.8 Å². The number of nitro benzene ring substituents is 1. The van der Waals surface area contributed by atoms with E-state index in [-0.39, 0.29) is 16.6 Å². The number of ether oxygens (including phenoxy) is 1. The molecule has 0 heterocycles. The highest BCUT2D eigenvalue weighted by atomic mass is 35.5. The number of halogens is 1. The number of amides is 1. The number of para-hydroxylation sites is 1. The lowest BCUT2D eigenvalue weighted by Gasteiger charge is -2.17. The molecule has 1 amide bonds. The van der Waals surface area contributed by atoms with Gasteiger partial charge in [0.15, 0.2) is 6.10 Å². The van der Waals surface area contributed by atoms with Crippen molar-refractivity contribution in [3.63, 3.8) is 0 Å². The first-order chi connectivity index (χ1) is 11.0. The number of carbonyl (C=O) groups is 1. The van der Waals surface area contributed by atoms with Crippen LogP contribution in [0.1, 0.15) is 13.3 Å². The number of nitro groups is 1. The third-order valence-electron chi connectivity index (χ3n) is 3.10. The van der Waals surface area contributed by atoms with Crippen LogP contribution < -0.4 is 10.1 Å². The molecule has 23 heavy (non-hydrogen) atoms. The summed E-state index contributed by atoms with van der Waals surface area (Å²) < 4.78 is 5.63. The van der Waals surface area contributed by atoms with Crippen molar-refractivity contribution < 1.29 is 14.5 Å². The van der Waals surface area contributed by atoms with Gasteiger partial charge in [-0.05, 0) is 30.7 Å². The van der Waals surface area contributed by atoms with Gasteiger partial charge in [0.25, 0.3) is 11.6 Å². The first-order valence-electron chi connectivity index (χ1n) is 6.97. The molecule has 2 rings (SSSR count). The minimum Gasteiger partial charge on any atom is -0.481 e. The monoisotopic (exact) mass is 334 g/mol. The van der Waals surface area contributed by atoms with Gasteiger partial charge in [-0.3, -0.25) is 14.9 Å². The zero-order valence-corrected chi connectivity index (χ0v) is 13.1. The van der Waals surface area contributed by atoms with E-state index in [0.29, 0.717) is 17.9 Å². The summed E-state index contributed by atoms with van der Waals surface area (Å²) >= 11 is 5.75. The standard InChI is InChI=1S/C16H15ClN2O4/c1-2-15(23-12-6-4-3-5-7-12)16(20)18-11-8-9-13(17)14(10-11)19(21)22/h3-10,15H,2H2,1H3,(H,18,20)/t15-/m0/s1. The fourth-order valence-corrected chi connectivity index (χ4v) is 2.13. The summed E-state index contributed by atoms with van der Waals surface area (Å²) in [5, 5.41) is 13.5. The Balaban J connectivity index is 2.10. The van der Waals surface area contributed by atoms with Crippen LogP contribution in [0.4, 0.5) is 11.4 Å². The largest absolute Gasteiger partial charge is 0.481 e. The topological polar surface area (TPSA) is 81.5 Å². The van der Waals surface area contributed by atoms with Gasteiger partial charge in [0.05, 0.1) is 4.92 Å². The highest BCUT2D eigenvalue weighted by molar-refractivity contribution is 6.32. The Labute approximate surface area is 138 Å². The van der Waals surface area contributed by atoms with Gasteiger partial charge in [-0.1, -0.05) is 36.7 Å². The fraction of sp³-hybridized carbons (Fsp3) is 0.188. The van der Waals surface area contributed by atoms with Crippen LogP contribution in [0, 0.1) is 10.1 Å². The van der Waals surface area contributed by atoms with Gasteiger partial charge >= 0.3 is 0 Å². The summed E-state index contributed by atoms with van der Waals surface area (Å²) in [6, 6.07) is 13.1. The number of hydrogen-bond donors (Lipinski definition) is 1. The summed E-state index contributed by atoms with van der Waals surface area (Å²) in [6.07, 6.45) is -0.247. The summed E-state index contributed by atoms with van der Waals surface area (Å²) in [6.45, 7) is 1.82. The molecule has 0 fully saturated rings. The van der Waals surface area contributed by atoms with Crippen molar-refractivity contribution in [3.05, 3.63) is 63.7 Å². The van der Waals surface area contributed by atoms with Crippen molar-refractivity contribution in [2.45, 2.75) is 19.4 Å². The molecule has 1 atom stereocenters. The van der Waals surface area contributed by atoms with Crippen molar-refractivity contribution in [2.75, 3.05) is 5.32 Å². The highest BCUT2D eigenvalue weighted by Gasteiger charge is 2.20. The Morgan fingerprint density at radius 1 is 1.30 bits per heavy atom. The Hall–Kier alpha value is -2.60. The van der Waals surface area contributed by atoms with E-state index in [0.717, 1.165) is 0 Å². The van der Waals surface area contributed by atoms with E-state index in [2.05, 4.69) is 5.32 Å². The van der Waals surface area contributed by atoms with Crippen LogP contribution in [-0.2, 0) is 4.79 Å². The zero-order valence-electron chi connectivity index (χ0n) is 12.4. The number of benzene rings is 2. The van der Waals surface area contributed by atoms with Crippen molar-refractivity contribution in [2.24, 2.45) is 0 Å². The third-order valence-corrected chi connectivity index (χ3v) is 3.41. The zero-order chi connectivity index (χ0) is 16.8. The molecular formula is C16H15ClN2O4. The number of rotatable bonds is 6. The number of hydrogen-bond acceptors (Lipinski definition) is 4. The summed E-state index contributed by atoms with van der Waals surface area (Å²) in [4.78, 5) is 22.5. The van der Waals surface area contributed by atoms with Gasteiger partial charge < -0.3 is 10.1 Å². The van der Waals surface area contributed by atoms with E-state index < -0.39 is 11.0 Å². The molecule has 0 saturated carbocycles. The molecule has 0 aromatic heterocycles. The normalized spacial score (nSPS) is 11.6. The van der Waals surface area contributed by atoms with Crippen molar-refractivity contribution in [3.8, 4) is 5.75 Å². The van der Waals surface area contributed by atoms with E-state index in [4.69, 9.17) is 16.3 Å². The fourth-order valence-electron chi connectivity index (χ4n) is 1.94. The molecule has 0 bridgehead atoms. The molecule has 0 radical (unpaired) electrons. The summed E-state index contributed by atoms with van der Waals surface area (Å²) in [5.74, 6) is 0.199. The first kappa shape index (κ1) is 16.8. The van der Waals surface area contributed by atoms with Gasteiger partial charge in [0.1, 0.15) is 10.8 Å². The van der Waals surface area contributed by atoms with E-state index in [9.17, 15) is 14.9 Å². The van der Waals surface area contributed by atoms with Crippen LogP contribution in [0.2, 0.25) is 5.02 Å². The first-order valence-corrected chi connectivity index (χ1v) is 7.35. The average molecular weight is 335 g/mol. The van der Waals surface area contributed by atoms with Crippen LogP contribution in [0.25, 0.3) is 0 Å². The molecule has 0 aliphatic rings. The number of carbonyl (C=O) groups excluding carboxylic acids is 1. The van der Waals surface area contributed by atoms with E-state index in [1.807, 2.05) is 25.1 Å². The quantitative estimate of drug-likeness (QED) is 0.638. The predicted molar refractivity (Wildman–Crippen MR) is 87.9 cm³/mol. The smallest absolute Gasteiger partial charge is 0.289 e. The molecule has 7 heteroatoms. The molecule has 0 aliphatic carbocycles. The third kappa shape index (κ3) is 4.43. The summed E-state index contributed by atoms with van der Waals surface area (Å²) in [7, 11) is 0. The van der Waals surface area contributed by atoms with Crippen LogP contribution in [0.3, 0.4) is 0 Å². The van der Waals surface area contributed by atoms with E-state index in [1.165, 1.54) is 18.2 Å². The maximum absolute atomic E-state index is 12.3. The second kappa shape index (κ2) is 7.60. The lowest BCUT2D eigenvalue weighted by molar-refractivity contribution is -0.384. The molecule has 0 unspecified atom stereocenters. The Kier molecular flexibility index (Phi) is 5.54. The van der Waals surface area contributed by atoms with E-state index in [1.54, 1.807) is 12.1 Å². The SMILES string of the molecule is CC[C@H](Oc1ccccc1)C(=O)Nc1ccc(Cl)c([N+](=O)[O-])c1. The van der Waals surface area contributed by atoms with Gasteiger partial charge in [0.2, 0.25) is 0 Å². The molecule has 0 aliphatic heterocycles. The lowest BCUT2D eigenvalue weighted by atomic mass is 10.2. The average Bonchev–Trinajstić information content (AvgIpc) is 2.55. The number of nitrogens with zero attached hydrogens (tertiary/aromatic N) is 1. The minimum atomic E-state index is -0.702. The Morgan fingerprint density at radius 2 is 2.00 bits per heavy atom. The van der Waals surface area contributed by atoms with Crippen molar-refractivity contribution in [1.29, 1.82) is 0 Å². The molecule has 2 aromatic carbocycles. The van der Waals surface area contributed by atoms with Crippen LogP contribution in [-0.4, -0.2) is 16.9 Å². The summed E-state index contributed by atoms with van der Waals surface area (Å²) in [5.41, 5.74) is 0.0303. The van der Waals surface area contributed by atoms with Crippen LogP contribution >= 0.6 is 11.6 Å². The molecule has 0 saturated heterocycles. The number of nitrogens with one attached hydrogen (secondary N) is 1. The second-order valence-electron chi connectivity index (χ2n) is 4.74. The van der Waals surface area contributed by atoms with Crippen LogP contribution in [0.15, 0.2) is 48.5 Å². The molecule has 2 aromatic rings. The molecular weight excluding hydrogens is 320 g/mol. The van der Waals surface area contributed by atoms with Crippen molar-refractivity contribution in [1.82, 2.24) is 0 Å². The molecule has 0 spiro atoms. The maximum atomic E-state index is 12.3. The van der Waals surface area contributed by atoms with Gasteiger partial charge in [-0.15, -0.1) is 0 Å². The molecule has 120 valence electrons. The highest BCUT2D eigenvalue weighted by Crippen LogP contribution is 2.27. The maximum Gasteiger partial charge on any atom is 0.289 e. The Bertz CT molecular complexity index is 706. The van der Waals surface area contributed by atoms with Gasteiger partial charge in [-0.2, -0.15) is 0 Å². The number of anilines is 1. The predicted octanol–water partition coefficient (Wildman–Crippen LogP) is 4.04. The second-order valence-corrected chi connectivity index (χ2v) is 5.15. The Morgan fingerprint density at radius 3 is 2.61 bits per heavy atom. The molecule has 6 nitrogen and oxygen atoms in total. The van der Waals surface area contributed by atoms with E-state index >= 15 is 0 Å². The van der Waals surface area contributed by atoms with Gasteiger partial charge in [-0.25, -0.2) is 0 Å². The lowest BCUT2D eigenvalue weighted by Crippen LogP contribution is -2.32. The minimum absolute atomic E-state index is 0.0144. The van der Waals surface area contributed by atoms with Crippen LogP contribution in [0.5, 0.6) is 5.75 Å².